The Morgan fingerprint density at radius 1 is 1.09 bits per heavy atom. The van der Waals surface area contributed by atoms with E-state index in [4.69, 9.17) is 4.74 Å². The molecule has 2 rings (SSSR count). The van der Waals surface area contributed by atoms with Crippen molar-refractivity contribution in [1.82, 2.24) is 5.32 Å². The molecule has 0 unspecified atom stereocenters. The molecule has 1 amide bonds. The lowest BCUT2D eigenvalue weighted by molar-refractivity contribution is 0.0492. The molecule has 2 N–H and O–H groups in total. The van der Waals surface area contributed by atoms with Crippen LogP contribution in [-0.4, -0.2) is 23.8 Å². The van der Waals surface area contributed by atoms with Gasteiger partial charge in [-0.25, -0.2) is 9.18 Å². The zero-order valence-electron chi connectivity index (χ0n) is 13.5. The molecule has 1 aromatic carbocycles. The van der Waals surface area contributed by atoms with Crippen LogP contribution in [0.4, 0.5) is 14.9 Å². The van der Waals surface area contributed by atoms with Crippen molar-refractivity contribution >= 4 is 11.8 Å². The maximum atomic E-state index is 12.9. The first-order valence-electron chi connectivity index (χ1n) is 7.83. The van der Waals surface area contributed by atoms with Crippen molar-refractivity contribution < 1.29 is 13.9 Å². The minimum atomic E-state index is -0.467. The molecule has 5 heteroatoms. The highest BCUT2D eigenvalue weighted by molar-refractivity contribution is 5.68. The Hall–Kier alpha value is -1.78. The summed E-state index contributed by atoms with van der Waals surface area (Å²) >= 11 is 0. The van der Waals surface area contributed by atoms with Gasteiger partial charge < -0.3 is 15.4 Å². The smallest absolute Gasteiger partial charge is 0.407 e. The third-order valence-corrected chi connectivity index (χ3v) is 3.66. The molecule has 0 atom stereocenters. The van der Waals surface area contributed by atoms with E-state index < -0.39 is 5.60 Å². The van der Waals surface area contributed by atoms with Gasteiger partial charge in [-0.2, -0.15) is 0 Å². The Morgan fingerprint density at radius 2 is 1.64 bits per heavy atom. The van der Waals surface area contributed by atoms with Crippen molar-refractivity contribution in [2.75, 3.05) is 5.32 Å². The van der Waals surface area contributed by atoms with Crippen LogP contribution in [0.5, 0.6) is 0 Å². The Bertz CT molecular complexity index is 488. The number of alkyl carbamates (subject to hydrolysis) is 1. The summed E-state index contributed by atoms with van der Waals surface area (Å²) in [6.45, 7) is 5.57. The van der Waals surface area contributed by atoms with Crippen molar-refractivity contribution in [1.29, 1.82) is 0 Å². The number of halogens is 1. The van der Waals surface area contributed by atoms with E-state index in [2.05, 4.69) is 10.6 Å². The van der Waals surface area contributed by atoms with Gasteiger partial charge in [-0.15, -0.1) is 0 Å². The van der Waals surface area contributed by atoms with E-state index in [1.165, 1.54) is 12.1 Å². The number of benzene rings is 1. The summed E-state index contributed by atoms with van der Waals surface area (Å²) in [4.78, 5) is 11.7. The van der Waals surface area contributed by atoms with Gasteiger partial charge in [-0.3, -0.25) is 0 Å². The minimum Gasteiger partial charge on any atom is -0.444 e. The Balaban J connectivity index is 1.73. The first-order valence-corrected chi connectivity index (χ1v) is 7.83. The van der Waals surface area contributed by atoms with E-state index in [1.54, 1.807) is 12.1 Å². The lowest BCUT2D eigenvalue weighted by atomic mass is 9.91. The van der Waals surface area contributed by atoms with Crippen molar-refractivity contribution in [2.45, 2.75) is 64.1 Å². The highest BCUT2D eigenvalue weighted by atomic mass is 19.1. The number of nitrogens with one attached hydrogen (secondary N) is 2. The second kappa shape index (κ2) is 6.99. The van der Waals surface area contributed by atoms with Gasteiger partial charge in [0.05, 0.1) is 0 Å². The van der Waals surface area contributed by atoms with Gasteiger partial charge in [-0.1, -0.05) is 0 Å². The zero-order chi connectivity index (χ0) is 16.2. The van der Waals surface area contributed by atoms with Gasteiger partial charge in [0, 0.05) is 17.8 Å². The Morgan fingerprint density at radius 3 is 2.18 bits per heavy atom. The van der Waals surface area contributed by atoms with Gasteiger partial charge in [0.1, 0.15) is 11.4 Å². The average molecular weight is 308 g/mol. The molecule has 4 nitrogen and oxygen atoms in total. The number of rotatable bonds is 3. The lowest BCUT2D eigenvalue weighted by Crippen LogP contribution is -2.42. The molecule has 1 saturated carbocycles. The van der Waals surface area contributed by atoms with Crippen molar-refractivity contribution in [3.63, 3.8) is 0 Å². The van der Waals surface area contributed by atoms with Crippen LogP contribution in [-0.2, 0) is 4.74 Å². The maximum absolute atomic E-state index is 12.9. The summed E-state index contributed by atoms with van der Waals surface area (Å²) in [5, 5.41) is 6.34. The van der Waals surface area contributed by atoms with E-state index in [-0.39, 0.29) is 18.0 Å². The topological polar surface area (TPSA) is 50.4 Å². The largest absolute Gasteiger partial charge is 0.444 e. The van der Waals surface area contributed by atoms with Gasteiger partial charge in [0.15, 0.2) is 0 Å². The van der Waals surface area contributed by atoms with Crippen LogP contribution >= 0.6 is 0 Å². The molecule has 1 fully saturated rings. The summed E-state index contributed by atoms with van der Waals surface area (Å²) in [5.74, 6) is -0.226. The second-order valence-electron chi connectivity index (χ2n) is 6.85. The predicted molar refractivity (Wildman–Crippen MR) is 85.4 cm³/mol. The molecule has 1 aliphatic carbocycles. The van der Waals surface area contributed by atoms with Crippen molar-refractivity contribution in [3.05, 3.63) is 30.1 Å². The number of ether oxygens (including phenoxy) is 1. The monoisotopic (exact) mass is 308 g/mol. The molecule has 1 aromatic rings. The van der Waals surface area contributed by atoms with Crippen LogP contribution in [0.1, 0.15) is 46.5 Å². The number of carbonyl (C=O) groups is 1. The molecular formula is C17H25FN2O2. The molecule has 22 heavy (non-hydrogen) atoms. The third-order valence-electron chi connectivity index (χ3n) is 3.66. The highest BCUT2D eigenvalue weighted by Gasteiger charge is 2.24. The van der Waals surface area contributed by atoms with Crippen molar-refractivity contribution in [3.8, 4) is 0 Å². The quantitative estimate of drug-likeness (QED) is 0.885. The number of amides is 1. The van der Waals surface area contributed by atoms with E-state index in [0.29, 0.717) is 6.04 Å². The van der Waals surface area contributed by atoms with Gasteiger partial charge in [0.2, 0.25) is 0 Å². The van der Waals surface area contributed by atoms with Crippen molar-refractivity contribution in [2.24, 2.45) is 0 Å². The molecule has 0 bridgehead atoms. The first kappa shape index (κ1) is 16.6. The average Bonchev–Trinajstić information content (AvgIpc) is 2.41. The lowest BCUT2D eigenvalue weighted by Gasteiger charge is -2.31. The molecule has 0 saturated heterocycles. The molecule has 0 aliphatic heterocycles. The molecule has 0 spiro atoms. The van der Waals surface area contributed by atoms with E-state index >= 15 is 0 Å². The van der Waals surface area contributed by atoms with E-state index in [0.717, 1.165) is 31.4 Å². The van der Waals surface area contributed by atoms with E-state index in [9.17, 15) is 9.18 Å². The summed E-state index contributed by atoms with van der Waals surface area (Å²) in [7, 11) is 0. The fraction of sp³-hybridized carbons (Fsp3) is 0.588. The van der Waals surface area contributed by atoms with Crippen LogP contribution in [0.25, 0.3) is 0 Å². The van der Waals surface area contributed by atoms with Gasteiger partial charge in [-0.05, 0) is 70.7 Å². The van der Waals surface area contributed by atoms with Crippen LogP contribution in [0.3, 0.4) is 0 Å². The SMILES string of the molecule is CC(C)(C)OC(=O)NC1CCC(Nc2ccc(F)cc2)CC1. The number of anilines is 1. The number of hydrogen-bond acceptors (Lipinski definition) is 3. The third kappa shape index (κ3) is 5.54. The molecule has 0 heterocycles. The summed E-state index contributed by atoms with van der Waals surface area (Å²) in [5.41, 5.74) is 0.468. The summed E-state index contributed by atoms with van der Waals surface area (Å²) in [6.07, 6.45) is 3.42. The standard InChI is InChI=1S/C17H25FN2O2/c1-17(2,3)22-16(21)20-15-10-8-14(9-11-15)19-13-6-4-12(18)5-7-13/h4-7,14-15,19H,8-11H2,1-3H3,(H,20,21). The first-order chi connectivity index (χ1) is 10.3. The van der Waals surface area contributed by atoms with Crippen LogP contribution in [0, 0.1) is 5.82 Å². The second-order valence-corrected chi connectivity index (χ2v) is 6.85. The normalized spacial score (nSPS) is 22.0. The number of hydrogen-bond donors (Lipinski definition) is 2. The van der Waals surface area contributed by atoms with Crippen LogP contribution in [0.2, 0.25) is 0 Å². The molecule has 0 aromatic heterocycles. The van der Waals surface area contributed by atoms with Crippen LogP contribution < -0.4 is 10.6 Å². The van der Waals surface area contributed by atoms with Crippen LogP contribution in [0.15, 0.2) is 24.3 Å². The van der Waals surface area contributed by atoms with Gasteiger partial charge in [0.25, 0.3) is 0 Å². The summed E-state index contributed by atoms with van der Waals surface area (Å²) in [6, 6.07) is 6.94. The zero-order valence-corrected chi connectivity index (χ0v) is 13.5. The molecule has 0 radical (unpaired) electrons. The predicted octanol–water partition coefficient (Wildman–Crippen LogP) is 4.07. The fourth-order valence-electron chi connectivity index (χ4n) is 2.64. The highest BCUT2D eigenvalue weighted by Crippen LogP contribution is 2.23. The van der Waals surface area contributed by atoms with Gasteiger partial charge >= 0.3 is 6.09 Å². The Labute approximate surface area is 131 Å². The number of carbonyl (C=O) groups excluding carboxylic acids is 1. The fourth-order valence-corrected chi connectivity index (χ4v) is 2.64. The molecule has 122 valence electrons. The van der Waals surface area contributed by atoms with E-state index in [1.807, 2.05) is 20.8 Å². The molecular weight excluding hydrogens is 283 g/mol. The summed E-state index contributed by atoms with van der Waals surface area (Å²) < 4.78 is 18.1. The Kier molecular flexibility index (Phi) is 5.27. The molecule has 1 aliphatic rings. The minimum absolute atomic E-state index is 0.168. The maximum Gasteiger partial charge on any atom is 0.407 e.